The lowest BCUT2D eigenvalue weighted by Crippen LogP contribution is -2.42. The standard InChI is InChI=1S/C13H22N2O4S/c1-4-13(16,5-2)9-15-20(17,18)12-7-6-10(19-3)8-11(12)14/h6-8,15-16H,4-5,9,14H2,1-3H3. The highest BCUT2D eigenvalue weighted by atomic mass is 32.2. The van der Waals surface area contributed by atoms with E-state index in [-0.39, 0.29) is 17.1 Å². The normalized spacial score (nSPS) is 12.4. The molecule has 0 radical (unpaired) electrons. The van der Waals surface area contributed by atoms with E-state index in [4.69, 9.17) is 10.5 Å². The second-order valence-electron chi connectivity index (χ2n) is 4.66. The molecule has 7 heteroatoms. The monoisotopic (exact) mass is 302 g/mol. The van der Waals surface area contributed by atoms with E-state index in [9.17, 15) is 13.5 Å². The Morgan fingerprint density at radius 3 is 2.40 bits per heavy atom. The summed E-state index contributed by atoms with van der Waals surface area (Å²) in [6, 6.07) is 4.35. The van der Waals surface area contributed by atoms with Crippen LogP contribution in [0.4, 0.5) is 5.69 Å². The number of aliphatic hydroxyl groups is 1. The smallest absolute Gasteiger partial charge is 0.242 e. The average Bonchev–Trinajstić information content (AvgIpc) is 2.44. The summed E-state index contributed by atoms with van der Waals surface area (Å²) in [5.41, 5.74) is 4.78. The molecule has 0 bridgehead atoms. The second-order valence-corrected chi connectivity index (χ2v) is 6.40. The van der Waals surface area contributed by atoms with Crippen molar-refractivity contribution in [2.24, 2.45) is 0 Å². The number of rotatable bonds is 7. The van der Waals surface area contributed by atoms with Crippen LogP contribution in [0, 0.1) is 0 Å². The first-order chi connectivity index (χ1) is 9.28. The Labute approximate surface area is 120 Å². The van der Waals surface area contributed by atoms with Crippen molar-refractivity contribution in [3.05, 3.63) is 18.2 Å². The summed E-state index contributed by atoms with van der Waals surface area (Å²) in [5, 5.41) is 10.1. The Kier molecular flexibility index (Phi) is 5.38. The maximum atomic E-state index is 12.2. The van der Waals surface area contributed by atoms with E-state index < -0.39 is 15.6 Å². The number of methoxy groups -OCH3 is 1. The number of sulfonamides is 1. The summed E-state index contributed by atoms with van der Waals surface area (Å²) in [6.07, 6.45) is 0.925. The van der Waals surface area contributed by atoms with Crippen LogP contribution in [-0.2, 0) is 10.0 Å². The third kappa shape index (κ3) is 3.84. The van der Waals surface area contributed by atoms with Crippen LogP contribution in [0.3, 0.4) is 0 Å². The molecule has 0 atom stereocenters. The van der Waals surface area contributed by atoms with Gasteiger partial charge in [-0.2, -0.15) is 0 Å². The fourth-order valence-corrected chi connectivity index (χ4v) is 2.94. The van der Waals surface area contributed by atoms with Gasteiger partial charge in [0.2, 0.25) is 10.0 Å². The molecule has 0 spiro atoms. The summed E-state index contributed by atoms with van der Waals surface area (Å²) in [5.74, 6) is 0.486. The Bertz CT molecular complexity index is 553. The zero-order valence-electron chi connectivity index (χ0n) is 12.0. The van der Waals surface area contributed by atoms with Gasteiger partial charge < -0.3 is 15.6 Å². The van der Waals surface area contributed by atoms with E-state index in [1.165, 1.54) is 25.3 Å². The minimum Gasteiger partial charge on any atom is -0.497 e. The van der Waals surface area contributed by atoms with Crippen LogP contribution in [-0.4, -0.2) is 32.8 Å². The first kappa shape index (κ1) is 16.7. The number of benzene rings is 1. The van der Waals surface area contributed by atoms with Gasteiger partial charge in [0.25, 0.3) is 0 Å². The summed E-state index contributed by atoms with van der Waals surface area (Å²) in [4.78, 5) is -0.0205. The van der Waals surface area contributed by atoms with Crippen LogP contribution in [0.1, 0.15) is 26.7 Å². The van der Waals surface area contributed by atoms with Gasteiger partial charge in [0.15, 0.2) is 0 Å². The Morgan fingerprint density at radius 1 is 1.35 bits per heavy atom. The zero-order valence-corrected chi connectivity index (χ0v) is 12.8. The lowest BCUT2D eigenvalue weighted by molar-refractivity contribution is 0.0377. The highest BCUT2D eigenvalue weighted by Gasteiger charge is 2.26. The number of hydrogen-bond donors (Lipinski definition) is 3. The maximum absolute atomic E-state index is 12.2. The minimum absolute atomic E-state index is 0.0205. The van der Waals surface area contributed by atoms with Crippen molar-refractivity contribution in [2.75, 3.05) is 19.4 Å². The molecule has 0 aliphatic carbocycles. The minimum atomic E-state index is -3.76. The molecule has 114 valence electrons. The molecule has 0 aliphatic rings. The van der Waals surface area contributed by atoms with E-state index in [1.807, 2.05) is 0 Å². The number of nitrogen functional groups attached to an aromatic ring is 1. The van der Waals surface area contributed by atoms with Crippen LogP contribution in [0.2, 0.25) is 0 Å². The van der Waals surface area contributed by atoms with Crippen molar-refractivity contribution in [3.8, 4) is 5.75 Å². The molecular formula is C13H22N2O4S. The maximum Gasteiger partial charge on any atom is 0.242 e. The van der Waals surface area contributed by atoms with Gasteiger partial charge in [0.05, 0.1) is 18.4 Å². The third-order valence-electron chi connectivity index (χ3n) is 3.41. The van der Waals surface area contributed by atoms with Gasteiger partial charge in [-0.15, -0.1) is 0 Å². The average molecular weight is 302 g/mol. The van der Waals surface area contributed by atoms with Gasteiger partial charge in [-0.3, -0.25) is 0 Å². The first-order valence-electron chi connectivity index (χ1n) is 6.43. The molecule has 0 amide bonds. The summed E-state index contributed by atoms with van der Waals surface area (Å²) >= 11 is 0. The summed E-state index contributed by atoms with van der Waals surface area (Å²) in [7, 11) is -2.28. The topological polar surface area (TPSA) is 102 Å². The highest BCUT2D eigenvalue weighted by Crippen LogP contribution is 2.24. The van der Waals surface area contributed by atoms with E-state index in [0.717, 1.165) is 0 Å². The van der Waals surface area contributed by atoms with Crippen molar-refractivity contribution in [2.45, 2.75) is 37.2 Å². The number of nitrogens with two attached hydrogens (primary N) is 1. The van der Waals surface area contributed by atoms with Crippen molar-refractivity contribution < 1.29 is 18.3 Å². The molecular weight excluding hydrogens is 280 g/mol. The zero-order chi connectivity index (χ0) is 15.4. The number of nitrogens with one attached hydrogen (secondary N) is 1. The molecule has 0 saturated heterocycles. The lowest BCUT2D eigenvalue weighted by Gasteiger charge is -2.25. The predicted octanol–water partition coefficient (Wildman–Crippen LogP) is 1.11. The molecule has 1 aromatic carbocycles. The van der Waals surface area contributed by atoms with Gasteiger partial charge in [-0.05, 0) is 25.0 Å². The highest BCUT2D eigenvalue weighted by molar-refractivity contribution is 7.89. The Morgan fingerprint density at radius 2 is 1.95 bits per heavy atom. The van der Waals surface area contributed by atoms with Gasteiger partial charge >= 0.3 is 0 Å². The summed E-state index contributed by atoms with van der Waals surface area (Å²) in [6.45, 7) is 3.56. The lowest BCUT2D eigenvalue weighted by atomic mass is 9.98. The fraction of sp³-hybridized carbons (Fsp3) is 0.538. The van der Waals surface area contributed by atoms with Gasteiger partial charge in [0.1, 0.15) is 10.6 Å². The molecule has 4 N–H and O–H groups in total. The quantitative estimate of drug-likeness (QED) is 0.655. The molecule has 0 fully saturated rings. The third-order valence-corrected chi connectivity index (χ3v) is 4.89. The predicted molar refractivity (Wildman–Crippen MR) is 78.1 cm³/mol. The summed E-state index contributed by atoms with van der Waals surface area (Å²) < 4.78 is 31.8. The van der Waals surface area contributed by atoms with Crippen LogP contribution >= 0.6 is 0 Å². The molecule has 6 nitrogen and oxygen atoms in total. The van der Waals surface area contributed by atoms with Crippen molar-refractivity contribution in [1.29, 1.82) is 0 Å². The van der Waals surface area contributed by atoms with E-state index in [2.05, 4.69) is 4.72 Å². The molecule has 1 rings (SSSR count). The van der Waals surface area contributed by atoms with Gasteiger partial charge in [-0.1, -0.05) is 13.8 Å². The number of hydrogen-bond acceptors (Lipinski definition) is 5. The molecule has 20 heavy (non-hydrogen) atoms. The van der Waals surface area contributed by atoms with Crippen molar-refractivity contribution in [1.82, 2.24) is 4.72 Å². The number of ether oxygens (including phenoxy) is 1. The second kappa shape index (κ2) is 6.43. The van der Waals surface area contributed by atoms with Crippen LogP contribution < -0.4 is 15.2 Å². The van der Waals surface area contributed by atoms with Crippen LogP contribution in [0.15, 0.2) is 23.1 Å². The Hall–Kier alpha value is -1.31. The largest absolute Gasteiger partial charge is 0.497 e. The van der Waals surface area contributed by atoms with E-state index in [0.29, 0.717) is 18.6 Å². The SMILES string of the molecule is CCC(O)(CC)CNS(=O)(=O)c1ccc(OC)cc1N. The van der Waals surface area contributed by atoms with Crippen molar-refractivity contribution in [3.63, 3.8) is 0 Å². The number of anilines is 1. The molecule has 1 aromatic rings. The fourth-order valence-electron chi connectivity index (χ4n) is 1.71. The molecule has 0 unspecified atom stereocenters. The van der Waals surface area contributed by atoms with Crippen LogP contribution in [0.5, 0.6) is 5.75 Å². The van der Waals surface area contributed by atoms with Gasteiger partial charge in [-0.25, -0.2) is 13.1 Å². The van der Waals surface area contributed by atoms with E-state index in [1.54, 1.807) is 13.8 Å². The molecule has 0 aromatic heterocycles. The molecule has 0 heterocycles. The van der Waals surface area contributed by atoms with Crippen molar-refractivity contribution >= 4 is 15.7 Å². The van der Waals surface area contributed by atoms with Gasteiger partial charge in [0, 0.05) is 12.6 Å². The van der Waals surface area contributed by atoms with E-state index >= 15 is 0 Å². The first-order valence-corrected chi connectivity index (χ1v) is 7.92. The molecule has 0 aliphatic heterocycles. The molecule has 0 saturated carbocycles. The van der Waals surface area contributed by atoms with Crippen LogP contribution in [0.25, 0.3) is 0 Å². The Balaban J connectivity index is 2.95.